The molecule has 136 valence electrons. The number of amides is 2. The molecule has 0 aliphatic carbocycles. The van der Waals surface area contributed by atoms with Crippen molar-refractivity contribution in [1.82, 2.24) is 0 Å². The largest absolute Gasteiger partial charge is 0.494 e. The number of nitrogens with one attached hydrogen (secondary N) is 1. The number of anilines is 2. The zero-order valence-electron chi connectivity index (χ0n) is 14.9. The number of hydrogen-bond acceptors (Lipinski definition) is 4. The van der Waals surface area contributed by atoms with E-state index in [1.807, 2.05) is 62.4 Å². The standard InChI is InChI=1S/C20H22N2O3S/c1-3-18(23)21-15-7-5-6-14(12-15)20-22(19(24)13-26-20)16-8-10-17(11-9-16)25-4-2/h5-12,20H,3-4,13H2,1-2H3,(H,21,23)/t20-/m0/s1. The Balaban J connectivity index is 1.85. The van der Waals surface area contributed by atoms with Crippen LogP contribution in [0.3, 0.4) is 0 Å². The van der Waals surface area contributed by atoms with Crippen molar-refractivity contribution in [2.45, 2.75) is 25.6 Å². The zero-order chi connectivity index (χ0) is 18.5. The van der Waals surface area contributed by atoms with Crippen LogP contribution in [-0.2, 0) is 9.59 Å². The first-order chi connectivity index (χ1) is 12.6. The summed E-state index contributed by atoms with van der Waals surface area (Å²) in [5.41, 5.74) is 2.58. The van der Waals surface area contributed by atoms with E-state index in [1.165, 1.54) is 0 Å². The first kappa shape index (κ1) is 18.3. The Bertz CT molecular complexity index is 792. The van der Waals surface area contributed by atoms with Crippen molar-refractivity contribution in [3.63, 3.8) is 0 Å². The molecule has 1 aliphatic heterocycles. The van der Waals surface area contributed by atoms with Crippen molar-refractivity contribution in [2.75, 3.05) is 22.6 Å². The Morgan fingerprint density at radius 2 is 2.00 bits per heavy atom. The van der Waals surface area contributed by atoms with E-state index in [1.54, 1.807) is 16.7 Å². The van der Waals surface area contributed by atoms with Crippen molar-refractivity contribution in [3.8, 4) is 5.75 Å². The van der Waals surface area contributed by atoms with E-state index >= 15 is 0 Å². The van der Waals surface area contributed by atoms with Crippen LogP contribution in [0.4, 0.5) is 11.4 Å². The Morgan fingerprint density at radius 1 is 1.23 bits per heavy atom. The molecule has 2 amide bonds. The molecular formula is C20H22N2O3S. The molecule has 2 aromatic rings. The molecule has 1 heterocycles. The number of benzene rings is 2. The molecule has 0 bridgehead atoms. The highest BCUT2D eigenvalue weighted by atomic mass is 32.2. The van der Waals surface area contributed by atoms with E-state index in [4.69, 9.17) is 4.74 Å². The Kier molecular flexibility index (Phi) is 5.83. The molecule has 2 aromatic carbocycles. The van der Waals surface area contributed by atoms with Crippen LogP contribution in [0.1, 0.15) is 31.2 Å². The van der Waals surface area contributed by atoms with Gasteiger partial charge < -0.3 is 10.1 Å². The van der Waals surface area contributed by atoms with Crippen LogP contribution in [-0.4, -0.2) is 24.2 Å². The molecule has 1 N–H and O–H groups in total. The normalized spacial score (nSPS) is 16.6. The summed E-state index contributed by atoms with van der Waals surface area (Å²) >= 11 is 1.59. The van der Waals surface area contributed by atoms with Crippen LogP contribution in [0.2, 0.25) is 0 Å². The van der Waals surface area contributed by atoms with Crippen LogP contribution >= 0.6 is 11.8 Å². The maximum Gasteiger partial charge on any atom is 0.238 e. The highest BCUT2D eigenvalue weighted by molar-refractivity contribution is 8.00. The molecule has 1 saturated heterocycles. The smallest absolute Gasteiger partial charge is 0.238 e. The van der Waals surface area contributed by atoms with Gasteiger partial charge in [0.05, 0.1) is 12.4 Å². The number of hydrogen-bond donors (Lipinski definition) is 1. The summed E-state index contributed by atoms with van der Waals surface area (Å²) in [5, 5.41) is 2.76. The van der Waals surface area contributed by atoms with E-state index in [0.29, 0.717) is 18.8 Å². The molecule has 0 unspecified atom stereocenters. The lowest BCUT2D eigenvalue weighted by atomic mass is 10.1. The van der Waals surface area contributed by atoms with Crippen LogP contribution in [0.5, 0.6) is 5.75 Å². The summed E-state index contributed by atoms with van der Waals surface area (Å²) in [6, 6.07) is 15.3. The van der Waals surface area contributed by atoms with E-state index in [0.717, 1.165) is 22.7 Å². The number of carbonyl (C=O) groups is 2. The van der Waals surface area contributed by atoms with Gasteiger partial charge in [-0.3, -0.25) is 14.5 Å². The van der Waals surface area contributed by atoms with Gasteiger partial charge in [-0.05, 0) is 48.9 Å². The summed E-state index contributed by atoms with van der Waals surface area (Å²) in [5.74, 6) is 1.27. The molecular weight excluding hydrogens is 348 g/mol. The van der Waals surface area contributed by atoms with E-state index in [2.05, 4.69) is 5.32 Å². The van der Waals surface area contributed by atoms with Gasteiger partial charge in [-0.25, -0.2) is 0 Å². The minimum Gasteiger partial charge on any atom is -0.494 e. The summed E-state index contributed by atoms with van der Waals surface area (Å²) in [7, 11) is 0. The average molecular weight is 370 g/mol. The topological polar surface area (TPSA) is 58.6 Å². The summed E-state index contributed by atoms with van der Waals surface area (Å²) < 4.78 is 5.48. The molecule has 0 radical (unpaired) electrons. The lowest BCUT2D eigenvalue weighted by Crippen LogP contribution is -2.27. The second kappa shape index (κ2) is 8.27. The average Bonchev–Trinajstić information content (AvgIpc) is 3.04. The maximum atomic E-state index is 12.5. The minimum atomic E-state index is -0.112. The van der Waals surface area contributed by atoms with Gasteiger partial charge >= 0.3 is 0 Å². The SMILES string of the molecule is CCOc1ccc(N2C(=O)CS[C@H]2c2cccc(NC(=O)CC)c2)cc1. The second-order valence-electron chi connectivity index (χ2n) is 5.88. The van der Waals surface area contributed by atoms with E-state index in [-0.39, 0.29) is 17.2 Å². The molecule has 0 aromatic heterocycles. The third kappa shape index (κ3) is 4.02. The van der Waals surface area contributed by atoms with Crippen molar-refractivity contribution in [3.05, 3.63) is 54.1 Å². The van der Waals surface area contributed by atoms with Gasteiger partial charge in [0, 0.05) is 17.8 Å². The van der Waals surface area contributed by atoms with Crippen molar-refractivity contribution < 1.29 is 14.3 Å². The molecule has 0 spiro atoms. The van der Waals surface area contributed by atoms with Crippen LogP contribution in [0.25, 0.3) is 0 Å². The molecule has 5 nitrogen and oxygen atoms in total. The van der Waals surface area contributed by atoms with Crippen LogP contribution < -0.4 is 15.0 Å². The fraction of sp³-hybridized carbons (Fsp3) is 0.300. The van der Waals surface area contributed by atoms with Crippen molar-refractivity contribution in [2.24, 2.45) is 0 Å². The molecule has 1 aliphatic rings. The third-order valence-corrected chi connectivity index (χ3v) is 5.28. The van der Waals surface area contributed by atoms with Crippen LogP contribution in [0, 0.1) is 0 Å². The number of nitrogens with zero attached hydrogens (tertiary/aromatic N) is 1. The first-order valence-corrected chi connectivity index (χ1v) is 9.73. The van der Waals surface area contributed by atoms with Gasteiger partial charge in [-0.1, -0.05) is 19.1 Å². The number of thioether (sulfide) groups is 1. The van der Waals surface area contributed by atoms with E-state index < -0.39 is 0 Å². The second-order valence-corrected chi connectivity index (χ2v) is 6.95. The van der Waals surface area contributed by atoms with Gasteiger partial charge in [0.1, 0.15) is 11.1 Å². The molecule has 26 heavy (non-hydrogen) atoms. The van der Waals surface area contributed by atoms with Crippen molar-refractivity contribution >= 4 is 35.0 Å². The lowest BCUT2D eigenvalue weighted by Gasteiger charge is -2.25. The Morgan fingerprint density at radius 3 is 2.69 bits per heavy atom. The quantitative estimate of drug-likeness (QED) is 0.827. The predicted octanol–water partition coefficient (Wildman–Crippen LogP) is 4.21. The molecule has 1 atom stereocenters. The fourth-order valence-corrected chi connectivity index (χ4v) is 4.01. The van der Waals surface area contributed by atoms with Gasteiger partial charge in [-0.15, -0.1) is 11.8 Å². The maximum absolute atomic E-state index is 12.5. The van der Waals surface area contributed by atoms with Gasteiger partial charge in [0.2, 0.25) is 11.8 Å². The number of rotatable bonds is 6. The zero-order valence-corrected chi connectivity index (χ0v) is 15.7. The van der Waals surface area contributed by atoms with Crippen LogP contribution in [0.15, 0.2) is 48.5 Å². The highest BCUT2D eigenvalue weighted by Gasteiger charge is 2.34. The first-order valence-electron chi connectivity index (χ1n) is 8.68. The Labute approximate surface area is 157 Å². The summed E-state index contributed by atoms with van der Waals surface area (Å²) in [6.45, 7) is 4.37. The Hall–Kier alpha value is -2.47. The molecule has 6 heteroatoms. The molecule has 1 fully saturated rings. The molecule has 0 saturated carbocycles. The van der Waals surface area contributed by atoms with Gasteiger partial charge in [-0.2, -0.15) is 0 Å². The predicted molar refractivity (Wildman–Crippen MR) is 106 cm³/mol. The minimum absolute atomic E-state index is 0.0272. The lowest BCUT2D eigenvalue weighted by molar-refractivity contribution is -0.116. The summed E-state index contributed by atoms with van der Waals surface area (Å²) in [4.78, 5) is 25.9. The van der Waals surface area contributed by atoms with Gasteiger partial charge in [0.15, 0.2) is 0 Å². The van der Waals surface area contributed by atoms with Gasteiger partial charge in [0.25, 0.3) is 0 Å². The number of ether oxygens (including phenoxy) is 1. The summed E-state index contributed by atoms with van der Waals surface area (Å²) in [6.07, 6.45) is 0.430. The fourth-order valence-electron chi connectivity index (χ4n) is 2.84. The van der Waals surface area contributed by atoms with Crippen molar-refractivity contribution in [1.29, 1.82) is 0 Å². The van der Waals surface area contributed by atoms with E-state index in [9.17, 15) is 9.59 Å². The highest BCUT2D eigenvalue weighted by Crippen LogP contribution is 2.42. The third-order valence-electron chi connectivity index (χ3n) is 4.07. The molecule has 3 rings (SSSR count). The monoisotopic (exact) mass is 370 g/mol. The number of carbonyl (C=O) groups excluding carboxylic acids is 2.